The van der Waals surface area contributed by atoms with E-state index in [0.717, 1.165) is 9.80 Å². The van der Waals surface area contributed by atoms with Gasteiger partial charge in [0.2, 0.25) is 23.6 Å². The Kier molecular flexibility index (Phi) is 30.0. The summed E-state index contributed by atoms with van der Waals surface area (Å²) in [5.41, 5.74) is 1.28. The smallest absolute Gasteiger partial charge is 0.256 e. The molecule has 2 aromatic rings. The Morgan fingerprint density at radius 3 is 1.43 bits per heavy atom. The van der Waals surface area contributed by atoms with E-state index in [1.807, 2.05) is 136 Å². The molecule has 0 radical (unpaired) electrons. The quantitative estimate of drug-likeness (QED) is 0.0628. The molecule has 0 aromatic heterocycles. The number of nitrogens with one attached hydrogen (secondary N) is 4. The Morgan fingerprint density at radius 2 is 0.986 bits per heavy atom. The standard InChI is InChI=1S/C21H29I3N4O9.C18H24I3N3O8/c1-8(30)25-17-14(22)13(15(23)18(16(17)24)26-9(2)31)21(37)28(4)6-12(34)27(3)5-10(32)19(35)20(36)11(33)7-29;1-24(4-9(28)6-26)18(31)12-13(19)11(17(30)22-3-8(27)5-25)14(20)16(15(12)21)23-10(29)7-32-2/h10-11,19-20,29,32-33,35-36H,5-7H2,1-4H3,(H,25,30)(H,26,31);8-9,25-28H,3-7H2,1-2H3,(H,22,30)(H,23,29)/t10-,11+,19+,20+;/m0./s1. The lowest BCUT2D eigenvalue weighted by Gasteiger charge is -2.29. The van der Waals surface area contributed by atoms with E-state index in [9.17, 15) is 64.2 Å². The van der Waals surface area contributed by atoms with Crippen LogP contribution in [0.2, 0.25) is 0 Å². The number of carbonyl (C=O) groups excluding carboxylic acids is 7. The Morgan fingerprint density at radius 1 is 0.551 bits per heavy atom. The molecule has 0 heterocycles. The topological polar surface area (TPSA) is 369 Å². The summed E-state index contributed by atoms with van der Waals surface area (Å²) < 4.78 is 7.21. The van der Waals surface area contributed by atoms with E-state index in [2.05, 4.69) is 21.3 Å². The first kappa shape index (κ1) is 65.7. The van der Waals surface area contributed by atoms with Gasteiger partial charge in [0.05, 0.1) is 90.2 Å². The fraction of sp³-hybridized carbons (Fsp3) is 0.513. The predicted molar refractivity (Wildman–Crippen MR) is 299 cm³/mol. The SMILES string of the molecule is CC(=O)Nc1c(I)c(NC(C)=O)c(I)c(C(=O)N(C)CC(=O)N(C)C[C@H](O)[C@@H](O)[C@H](O)[C@H](O)CO)c1I.COCC(=O)Nc1c(I)c(C(=O)NCC(O)CO)c(I)c(C(=O)N(C)CC(O)CO)c1I. The molecule has 388 valence electrons. The van der Waals surface area contributed by atoms with Crippen LogP contribution in [0.15, 0.2) is 0 Å². The first-order chi connectivity index (χ1) is 32.0. The first-order valence-electron chi connectivity index (χ1n) is 19.7. The van der Waals surface area contributed by atoms with Crippen LogP contribution in [0.4, 0.5) is 17.1 Å². The maximum absolute atomic E-state index is 13.4. The van der Waals surface area contributed by atoms with Crippen LogP contribution in [0.25, 0.3) is 0 Å². The molecular formula is C39H53I6N7O17. The number of likely N-dealkylation sites (N-methyl/N-ethyl adjacent to an activating group) is 3. The molecule has 24 nitrogen and oxygen atoms in total. The summed E-state index contributed by atoms with van der Waals surface area (Å²) >= 11 is 11.4. The lowest BCUT2D eigenvalue weighted by atomic mass is 10.0. The Labute approximate surface area is 478 Å². The molecule has 0 saturated heterocycles. The highest BCUT2D eigenvalue weighted by Gasteiger charge is 2.34. The number of hydrogen-bond acceptors (Lipinski definition) is 17. The third-order valence-corrected chi connectivity index (χ3v) is 15.6. The maximum atomic E-state index is 13.4. The number of rotatable bonds is 22. The van der Waals surface area contributed by atoms with E-state index in [-0.39, 0.29) is 53.9 Å². The summed E-state index contributed by atoms with van der Waals surface area (Å²) in [7, 11) is 5.48. The van der Waals surface area contributed by atoms with Crippen molar-refractivity contribution in [1.29, 1.82) is 0 Å². The minimum Gasteiger partial charge on any atom is -0.394 e. The average molecular weight is 1650 g/mol. The van der Waals surface area contributed by atoms with Crippen LogP contribution in [-0.4, -0.2) is 219 Å². The van der Waals surface area contributed by atoms with Crippen molar-refractivity contribution >= 4 is 194 Å². The largest absolute Gasteiger partial charge is 0.394 e. The second-order valence-electron chi connectivity index (χ2n) is 14.8. The molecular weight excluding hydrogens is 1600 g/mol. The Bertz CT molecular complexity index is 2150. The van der Waals surface area contributed by atoms with Crippen LogP contribution in [-0.2, 0) is 23.9 Å². The number of carbonyl (C=O) groups is 7. The van der Waals surface area contributed by atoms with Gasteiger partial charge in [-0.05, 0) is 136 Å². The molecule has 30 heteroatoms. The van der Waals surface area contributed by atoms with Crippen molar-refractivity contribution in [1.82, 2.24) is 20.0 Å². The lowest BCUT2D eigenvalue weighted by molar-refractivity contribution is -0.138. The van der Waals surface area contributed by atoms with E-state index in [1.54, 1.807) is 0 Å². The maximum Gasteiger partial charge on any atom is 0.256 e. The predicted octanol–water partition coefficient (Wildman–Crippen LogP) is -1.02. The molecule has 69 heavy (non-hydrogen) atoms. The number of halogens is 6. The van der Waals surface area contributed by atoms with Crippen LogP contribution in [0, 0.1) is 21.4 Å². The summed E-state index contributed by atoms with van der Waals surface area (Å²) in [6.45, 7) is -0.770. The molecule has 13 N–H and O–H groups in total. The van der Waals surface area contributed by atoms with Gasteiger partial charge in [-0.15, -0.1) is 0 Å². The molecule has 2 unspecified atom stereocenters. The third kappa shape index (κ3) is 19.2. The van der Waals surface area contributed by atoms with Crippen LogP contribution in [0.1, 0.15) is 44.9 Å². The second kappa shape index (κ2) is 31.4. The molecule has 0 saturated carbocycles. The number of anilines is 3. The van der Waals surface area contributed by atoms with E-state index >= 15 is 0 Å². The van der Waals surface area contributed by atoms with Gasteiger partial charge in [-0.1, -0.05) is 0 Å². The fourth-order valence-corrected chi connectivity index (χ4v) is 14.1. The molecule has 0 fully saturated rings. The van der Waals surface area contributed by atoms with Crippen LogP contribution < -0.4 is 21.3 Å². The van der Waals surface area contributed by atoms with Gasteiger partial charge in [-0.25, -0.2) is 0 Å². The molecule has 7 amide bonds. The van der Waals surface area contributed by atoms with Crippen LogP contribution in [0.5, 0.6) is 0 Å². The summed E-state index contributed by atoms with van der Waals surface area (Å²) in [5, 5.41) is 95.9. The summed E-state index contributed by atoms with van der Waals surface area (Å²) in [6, 6.07) is 0. The molecule has 0 aliphatic rings. The molecule has 2 rings (SSSR count). The molecule has 0 spiro atoms. The number of nitrogens with zero attached hydrogens (tertiary/aromatic N) is 3. The average Bonchev–Trinajstić information content (AvgIpc) is 3.28. The normalized spacial score (nSPS) is 13.6. The van der Waals surface area contributed by atoms with E-state index in [0.29, 0.717) is 32.8 Å². The zero-order valence-electron chi connectivity index (χ0n) is 37.5. The van der Waals surface area contributed by atoms with Crippen molar-refractivity contribution in [3.05, 3.63) is 38.1 Å². The van der Waals surface area contributed by atoms with E-state index < -0.39 is 99.1 Å². The van der Waals surface area contributed by atoms with Gasteiger partial charge in [0.15, 0.2) is 0 Å². The number of aliphatic hydroxyl groups is 9. The van der Waals surface area contributed by atoms with Gasteiger partial charge >= 0.3 is 0 Å². The van der Waals surface area contributed by atoms with Gasteiger partial charge in [0.1, 0.15) is 31.0 Å². The second-order valence-corrected chi connectivity index (χ2v) is 21.3. The number of aliphatic hydroxyl groups excluding tert-OH is 9. The highest BCUT2D eigenvalue weighted by atomic mass is 127. The van der Waals surface area contributed by atoms with Crippen molar-refractivity contribution in [3.63, 3.8) is 0 Å². The van der Waals surface area contributed by atoms with Gasteiger partial charge in [0.25, 0.3) is 17.7 Å². The summed E-state index contributed by atoms with van der Waals surface area (Å²) in [5.74, 6) is -3.59. The zero-order chi connectivity index (χ0) is 53.4. The molecule has 2 aromatic carbocycles. The summed E-state index contributed by atoms with van der Waals surface area (Å²) in [6.07, 6.45) is -9.32. The molecule has 0 aliphatic heterocycles. The highest BCUT2D eigenvalue weighted by Crippen LogP contribution is 2.40. The molecule has 6 atom stereocenters. The minimum atomic E-state index is -1.84. The van der Waals surface area contributed by atoms with E-state index in [4.69, 9.17) is 20.1 Å². The van der Waals surface area contributed by atoms with Gasteiger partial charge in [0, 0.05) is 65.3 Å². The highest BCUT2D eigenvalue weighted by molar-refractivity contribution is 14.1. The van der Waals surface area contributed by atoms with Crippen LogP contribution >= 0.6 is 136 Å². The third-order valence-electron chi connectivity index (χ3n) is 9.11. The minimum absolute atomic E-state index is 0.101. The monoisotopic (exact) mass is 1650 g/mol. The van der Waals surface area contributed by atoms with Crippen molar-refractivity contribution in [2.24, 2.45) is 0 Å². The van der Waals surface area contributed by atoms with Crippen molar-refractivity contribution in [2.45, 2.75) is 50.5 Å². The van der Waals surface area contributed by atoms with Crippen molar-refractivity contribution < 1.29 is 84.3 Å². The summed E-state index contributed by atoms with van der Waals surface area (Å²) in [4.78, 5) is 91.3. The number of methoxy groups -OCH3 is 1. The van der Waals surface area contributed by atoms with Gasteiger partial charge < -0.3 is 86.7 Å². The lowest BCUT2D eigenvalue weighted by Crippen LogP contribution is -2.51. The number of ether oxygens (including phenoxy) is 1. The fourth-order valence-electron chi connectivity index (χ4n) is 5.54. The van der Waals surface area contributed by atoms with Crippen molar-refractivity contribution in [2.75, 3.05) is 96.8 Å². The zero-order valence-corrected chi connectivity index (χ0v) is 50.5. The van der Waals surface area contributed by atoms with Crippen molar-refractivity contribution in [3.8, 4) is 0 Å². The Balaban J connectivity index is 0.000000697. The van der Waals surface area contributed by atoms with E-state index in [1.165, 1.54) is 47.0 Å². The molecule has 0 bridgehead atoms. The first-order valence-corrected chi connectivity index (χ1v) is 26.2. The van der Waals surface area contributed by atoms with Gasteiger partial charge in [-0.3, -0.25) is 33.6 Å². The molecule has 0 aliphatic carbocycles. The number of amides is 7. The Hall–Kier alpha value is -1.29. The van der Waals surface area contributed by atoms with Crippen LogP contribution in [0.3, 0.4) is 0 Å². The van der Waals surface area contributed by atoms with Gasteiger partial charge in [-0.2, -0.15) is 0 Å². The number of benzene rings is 2. The number of hydrogen-bond donors (Lipinski definition) is 13.